The average molecular weight is 332 g/mol. The second-order valence-electron chi connectivity index (χ2n) is 4.77. The minimum Gasteiger partial charge on any atom is -0.497 e. The van der Waals surface area contributed by atoms with E-state index in [1.54, 1.807) is 24.3 Å². The lowest BCUT2D eigenvalue weighted by atomic mass is 10.1. The zero-order valence-corrected chi connectivity index (χ0v) is 12.8. The van der Waals surface area contributed by atoms with Crippen molar-refractivity contribution in [3.8, 4) is 5.75 Å². The minimum absolute atomic E-state index is 0.459. The monoisotopic (exact) mass is 332 g/mol. The Hall–Kier alpha value is -3.02. The first-order chi connectivity index (χ1) is 11.5. The van der Waals surface area contributed by atoms with Crippen molar-refractivity contribution >= 4 is 17.8 Å². The number of rotatable bonds is 6. The lowest BCUT2D eigenvalue weighted by Crippen LogP contribution is -2.14. The number of carbonyl (C=O) groups excluding carboxylic acids is 2. The summed E-state index contributed by atoms with van der Waals surface area (Å²) in [4.78, 5) is 23.4. The molecule has 4 nitrogen and oxygen atoms in total. The van der Waals surface area contributed by atoms with Gasteiger partial charge in [-0.3, -0.25) is 4.79 Å². The van der Waals surface area contributed by atoms with E-state index in [2.05, 4.69) is 0 Å². The standard InChI is InChI=1S/C18H14F2O4/c1-23-14-4-2-3-12(9-14)5-8-18(22)24-11-17(21)15-10-13(19)6-7-16(15)20/h2-10H,11H2,1H3/b8-5+. The van der Waals surface area contributed by atoms with E-state index in [4.69, 9.17) is 9.47 Å². The van der Waals surface area contributed by atoms with Crippen LogP contribution in [0.5, 0.6) is 5.75 Å². The summed E-state index contributed by atoms with van der Waals surface area (Å²) >= 11 is 0. The highest BCUT2D eigenvalue weighted by molar-refractivity contribution is 5.99. The van der Waals surface area contributed by atoms with Gasteiger partial charge in [0, 0.05) is 6.08 Å². The fourth-order valence-corrected chi connectivity index (χ4v) is 1.88. The number of Topliss-reactive ketones (excluding diaryl/α,β-unsaturated/α-hetero) is 1. The second-order valence-corrected chi connectivity index (χ2v) is 4.77. The summed E-state index contributed by atoms with van der Waals surface area (Å²) in [6.45, 7) is -0.679. The van der Waals surface area contributed by atoms with Crippen molar-refractivity contribution in [2.24, 2.45) is 0 Å². The third-order valence-corrected chi connectivity index (χ3v) is 3.08. The Kier molecular flexibility index (Phi) is 5.78. The molecule has 0 saturated carbocycles. The van der Waals surface area contributed by atoms with E-state index in [1.165, 1.54) is 13.2 Å². The molecule has 0 radical (unpaired) electrons. The van der Waals surface area contributed by atoms with Crippen LogP contribution >= 0.6 is 0 Å². The predicted molar refractivity (Wildman–Crippen MR) is 83.7 cm³/mol. The number of hydrogen-bond donors (Lipinski definition) is 0. The number of carbonyl (C=O) groups is 2. The summed E-state index contributed by atoms with van der Waals surface area (Å²) in [7, 11) is 1.52. The quantitative estimate of drug-likeness (QED) is 0.462. The Morgan fingerprint density at radius 3 is 2.67 bits per heavy atom. The molecule has 0 bridgehead atoms. The van der Waals surface area contributed by atoms with Gasteiger partial charge in [0.1, 0.15) is 17.4 Å². The van der Waals surface area contributed by atoms with E-state index in [0.717, 1.165) is 24.3 Å². The van der Waals surface area contributed by atoms with Gasteiger partial charge in [-0.2, -0.15) is 0 Å². The largest absolute Gasteiger partial charge is 0.497 e. The molecule has 24 heavy (non-hydrogen) atoms. The van der Waals surface area contributed by atoms with Crippen LogP contribution < -0.4 is 4.74 Å². The lowest BCUT2D eigenvalue weighted by molar-refractivity contribution is -0.136. The third kappa shape index (κ3) is 4.74. The summed E-state index contributed by atoms with van der Waals surface area (Å²) < 4.78 is 36.2. The first-order valence-corrected chi connectivity index (χ1v) is 6.97. The molecule has 0 saturated heterocycles. The molecule has 0 heterocycles. The van der Waals surface area contributed by atoms with Crippen molar-refractivity contribution in [1.29, 1.82) is 0 Å². The van der Waals surface area contributed by atoms with E-state index in [1.807, 2.05) is 0 Å². The summed E-state index contributed by atoms with van der Waals surface area (Å²) in [5, 5.41) is 0. The molecule has 0 atom stereocenters. The van der Waals surface area contributed by atoms with Gasteiger partial charge >= 0.3 is 5.97 Å². The topological polar surface area (TPSA) is 52.6 Å². The molecule has 2 aromatic carbocycles. The smallest absolute Gasteiger partial charge is 0.331 e. The van der Waals surface area contributed by atoms with Crippen molar-refractivity contribution in [2.45, 2.75) is 0 Å². The van der Waals surface area contributed by atoms with E-state index in [9.17, 15) is 18.4 Å². The normalized spacial score (nSPS) is 10.6. The highest BCUT2D eigenvalue weighted by atomic mass is 19.1. The first kappa shape index (κ1) is 17.3. The van der Waals surface area contributed by atoms with Crippen LogP contribution in [-0.4, -0.2) is 25.5 Å². The van der Waals surface area contributed by atoms with Gasteiger partial charge in [0.15, 0.2) is 6.61 Å². The average Bonchev–Trinajstić information content (AvgIpc) is 2.60. The summed E-state index contributed by atoms with van der Waals surface area (Å²) in [6, 6.07) is 9.46. The van der Waals surface area contributed by atoms with Crippen molar-refractivity contribution in [1.82, 2.24) is 0 Å². The van der Waals surface area contributed by atoms with E-state index in [-0.39, 0.29) is 0 Å². The number of esters is 1. The molecule has 0 aliphatic rings. The molecule has 2 aromatic rings. The van der Waals surface area contributed by atoms with Crippen molar-refractivity contribution < 1.29 is 27.8 Å². The molecule has 0 N–H and O–H groups in total. The molecule has 0 fully saturated rings. The Labute approximate surface area is 137 Å². The molecule has 0 aliphatic heterocycles. The van der Waals surface area contributed by atoms with Gasteiger partial charge in [-0.05, 0) is 42.0 Å². The molecular weight excluding hydrogens is 318 g/mol. The number of ketones is 1. The van der Waals surface area contributed by atoms with Crippen LogP contribution in [0.15, 0.2) is 48.5 Å². The lowest BCUT2D eigenvalue weighted by Gasteiger charge is -2.03. The van der Waals surface area contributed by atoms with Crippen LogP contribution in [0.25, 0.3) is 6.08 Å². The van der Waals surface area contributed by atoms with Crippen LogP contribution in [0.4, 0.5) is 8.78 Å². The van der Waals surface area contributed by atoms with Crippen LogP contribution in [0.2, 0.25) is 0 Å². The minimum atomic E-state index is -0.871. The number of halogens is 2. The highest BCUT2D eigenvalue weighted by Crippen LogP contribution is 2.14. The fraction of sp³-hybridized carbons (Fsp3) is 0.111. The summed E-state index contributed by atoms with van der Waals surface area (Å²) in [5.41, 5.74) is 0.244. The molecule has 0 spiro atoms. The molecule has 124 valence electrons. The van der Waals surface area contributed by atoms with Gasteiger partial charge < -0.3 is 9.47 Å². The highest BCUT2D eigenvalue weighted by Gasteiger charge is 2.14. The Bertz CT molecular complexity index is 784. The molecule has 0 aromatic heterocycles. The zero-order chi connectivity index (χ0) is 17.5. The van der Waals surface area contributed by atoms with Crippen LogP contribution in [0.1, 0.15) is 15.9 Å². The van der Waals surface area contributed by atoms with Gasteiger partial charge in [0.05, 0.1) is 12.7 Å². The molecule has 0 amide bonds. The molecule has 0 aliphatic carbocycles. The maximum atomic E-state index is 13.4. The summed E-state index contributed by atoms with van der Waals surface area (Å²) in [5.74, 6) is -2.59. The Morgan fingerprint density at radius 1 is 1.12 bits per heavy atom. The van der Waals surface area contributed by atoms with Gasteiger partial charge in [-0.1, -0.05) is 12.1 Å². The number of benzene rings is 2. The zero-order valence-electron chi connectivity index (χ0n) is 12.8. The van der Waals surface area contributed by atoms with E-state index < -0.39 is 35.6 Å². The maximum absolute atomic E-state index is 13.4. The SMILES string of the molecule is COc1cccc(/C=C/C(=O)OCC(=O)c2cc(F)ccc2F)c1. The molecule has 0 unspecified atom stereocenters. The van der Waals surface area contributed by atoms with Gasteiger partial charge in [0.2, 0.25) is 5.78 Å². The van der Waals surface area contributed by atoms with Crippen LogP contribution in [0, 0.1) is 11.6 Å². The fourth-order valence-electron chi connectivity index (χ4n) is 1.88. The van der Waals surface area contributed by atoms with Crippen molar-refractivity contribution in [3.05, 3.63) is 71.3 Å². The van der Waals surface area contributed by atoms with E-state index in [0.29, 0.717) is 11.3 Å². The van der Waals surface area contributed by atoms with Crippen LogP contribution in [-0.2, 0) is 9.53 Å². The summed E-state index contributed by atoms with van der Waals surface area (Å²) in [6.07, 6.45) is 2.61. The van der Waals surface area contributed by atoms with Crippen LogP contribution in [0.3, 0.4) is 0 Å². The molecular formula is C18H14F2O4. The predicted octanol–water partition coefficient (Wildman–Crippen LogP) is 3.41. The van der Waals surface area contributed by atoms with E-state index >= 15 is 0 Å². The number of methoxy groups -OCH3 is 1. The van der Waals surface area contributed by atoms with Gasteiger partial charge in [-0.15, -0.1) is 0 Å². The molecule has 6 heteroatoms. The Balaban J connectivity index is 1.94. The number of ether oxygens (including phenoxy) is 2. The van der Waals surface area contributed by atoms with Gasteiger partial charge in [-0.25, -0.2) is 13.6 Å². The van der Waals surface area contributed by atoms with Crippen molar-refractivity contribution in [3.63, 3.8) is 0 Å². The molecule has 2 rings (SSSR count). The number of hydrogen-bond acceptors (Lipinski definition) is 4. The Morgan fingerprint density at radius 2 is 1.92 bits per heavy atom. The van der Waals surface area contributed by atoms with Crippen molar-refractivity contribution in [2.75, 3.05) is 13.7 Å². The van der Waals surface area contributed by atoms with Gasteiger partial charge in [0.25, 0.3) is 0 Å². The first-order valence-electron chi connectivity index (χ1n) is 6.97. The maximum Gasteiger partial charge on any atom is 0.331 e. The third-order valence-electron chi connectivity index (χ3n) is 3.08. The second kappa shape index (κ2) is 8.01.